The predicted molar refractivity (Wildman–Crippen MR) is 78.2 cm³/mol. The Hall–Kier alpha value is -1.99. The first kappa shape index (κ1) is 14.4. The molecule has 2 rings (SSSR count). The molecule has 0 radical (unpaired) electrons. The molecule has 106 valence electrons. The van der Waals surface area contributed by atoms with Crippen LogP contribution < -0.4 is 10.1 Å². The summed E-state index contributed by atoms with van der Waals surface area (Å²) < 4.78 is 4.99. The van der Waals surface area contributed by atoms with Gasteiger partial charge in [0.1, 0.15) is 5.01 Å². The standard InChI is InChI=1S/C13H15N3O3S/c1-8(14-2)13-15-10(7-20-13)9-4-5-12(19-3)11(6-9)16(17)18/h4-8,14H,1-3H3. The van der Waals surface area contributed by atoms with Gasteiger partial charge in [-0.2, -0.15) is 0 Å². The molecule has 1 heterocycles. The van der Waals surface area contributed by atoms with Gasteiger partial charge in [-0.05, 0) is 26.1 Å². The van der Waals surface area contributed by atoms with Crippen LogP contribution >= 0.6 is 11.3 Å². The van der Waals surface area contributed by atoms with Gasteiger partial charge in [-0.1, -0.05) is 0 Å². The van der Waals surface area contributed by atoms with Gasteiger partial charge in [-0.3, -0.25) is 10.1 Å². The lowest BCUT2D eigenvalue weighted by atomic mass is 10.1. The molecule has 0 aliphatic rings. The van der Waals surface area contributed by atoms with Crippen LogP contribution in [0.25, 0.3) is 11.3 Å². The zero-order chi connectivity index (χ0) is 14.7. The quantitative estimate of drug-likeness (QED) is 0.677. The lowest BCUT2D eigenvalue weighted by molar-refractivity contribution is -0.385. The Bertz CT molecular complexity index is 627. The van der Waals surface area contributed by atoms with E-state index in [0.29, 0.717) is 5.56 Å². The molecule has 0 amide bonds. The summed E-state index contributed by atoms with van der Waals surface area (Å²) >= 11 is 1.53. The van der Waals surface area contributed by atoms with Crippen LogP contribution in [0.15, 0.2) is 23.6 Å². The Morgan fingerprint density at radius 2 is 2.25 bits per heavy atom. The average Bonchev–Trinajstić information content (AvgIpc) is 2.95. The molecule has 1 atom stereocenters. The van der Waals surface area contributed by atoms with Gasteiger partial charge >= 0.3 is 5.69 Å². The second kappa shape index (κ2) is 5.98. The van der Waals surface area contributed by atoms with Crippen molar-refractivity contribution in [1.82, 2.24) is 10.3 Å². The topological polar surface area (TPSA) is 77.3 Å². The normalized spacial score (nSPS) is 12.2. The minimum absolute atomic E-state index is 0.0544. The third-order valence-corrected chi connectivity index (χ3v) is 4.02. The van der Waals surface area contributed by atoms with Gasteiger partial charge < -0.3 is 10.1 Å². The third-order valence-electron chi connectivity index (χ3n) is 3.00. The molecule has 0 saturated carbocycles. The highest BCUT2D eigenvalue weighted by atomic mass is 32.1. The molecular weight excluding hydrogens is 278 g/mol. The van der Waals surface area contributed by atoms with Gasteiger partial charge in [0, 0.05) is 17.0 Å². The Kier molecular flexibility index (Phi) is 4.31. The largest absolute Gasteiger partial charge is 0.490 e. The second-order valence-electron chi connectivity index (χ2n) is 4.23. The molecule has 0 fully saturated rings. The van der Waals surface area contributed by atoms with Gasteiger partial charge in [0.25, 0.3) is 0 Å². The van der Waals surface area contributed by atoms with E-state index < -0.39 is 4.92 Å². The Morgan fingerprint density at radius 1 is 1.50 bits per heavy atom. The molecule has 7 heteroatoms. The van der Waals surface area contributed by atoms with Gasteiger partial charge in [0.15, 0.2) is 5.75 Å². The number of thiazole rings is 1. The predicted octanol–water partition coefficient (Wildman–Crippen LogP) is 3.01. The second-order valence-corrected chi connectivity index (χ2v) is 5.11. The van der Waals surface area contributed by atoms with Crippen LogP contribution in [-0.4, -0.2) is 24.1 Å². The number of hydrogen-bond donors (Lipinski definition) is 1. The Labute approximate surface area is 120 Å². The molecule has 20 heavy (non-hydrogen) atoms. The van der Waals surface area contributed by atoms with Crippen LogP contribution in [0, 0.1) is 10.1 Å². The number of nitro benzene ring substituents is 1. The summed E-state index contributed by atoms with van der Waals surface area (Å²) in [6, 6.07) is 5.01. The zero-order valence-electron chi connectivity index (χ0n) is 11.4. The van der Waals surface area contributed by atoms with Crippen molar-refractivity contribution in [2.45, 2.75) is 13.0 Å². The summed E-state index contributed by atoms with van der Waals surface area (Å²) in [6.45, 7) is 2.01. The van der Waals surface area contributed by atoms with E-state index in [0.717, 1.165) is 10.7 Å². The van der Waals surface area contributed by atoms with Crippen LogP contribution in [0.4, 0.5) is 5.69 Å². The van der Waals surface area contributed by atoms with Gasteiger partial charge in [0.05, 0.1) is 23.8 Å². The smallest absolute Gasteiger partial charge is 0.311 e. The highest BCUT2D eigenvalue weighted by Gasteiger charge is 2.17. The van der Waals surface area contributed by atoms with Crippen molar-refractivity contribution in [1.29, 1.82) is 0 Å². The van der Waals surface area contributed by atoms with Crippen molar-refractivity contribution in [2.24, 2.45) is 0 Å². The number of nitro groups is 1. The highest BCUT2D eigenvalue weighted by Crippen LogP contribution is 2.33. The first-order chi connectivity index (χ1) is 9.56. The molecule has 0 aliphatic heterocycles. The molecule has 2 aromatic rings. The monoisotopic (exact) mass is 293 g/mol. The first-order valence-electron chi connectivity index (χ1n) is 6.02. The minimum atomic E-state index is -0.453. The van der Waals surface area contributed by atoms with E-state index in [2.05, 4.69) is 10.3 Å². The van der Waals surface area contributed by atoms with E-state index in [-0.39, 0.29) is 17.5 Å². The Morgan fingerprint density at radius 3 is 2.85 bits per heavy atom. The maximum absolute atomic E-state index is 11.0. The fourth-order valence-electron chi connectivity index (χ4n) is 1.73. The van der Waals surface area contributed by atoms with Crippen molar-refractivity contribution < 1.29 is 9.66 Å². The van der Waals surface area contributed by atoms with Crippen LogP contribution in [0.2, 0.25) is 0 Å². The number of methoxy groups -OCH3 is 1. The fraction of sp³-hybridized carbons (Fsp3) is 0.308. The molecule has 0 spiro atoms. The van der Waals surface area contributed by atoms with Gasteiger partial charge in [-0.15, -0.1) is 11.3 Å². The molecule has 1 unspecified atom stereocenters. The van der Waals surface area contributed by atoms with E-state index in [9.17, 15) is 10.1 Å². The van der Waals surface area contributed by atoms with E-state index >= 15 is 0 Å². The summed E-state index contributed by atoms with van der Waals surface area (Å²) in [5.74, 6) is 0.248. The minimum Gasteiger partial charge on any atom is -0.490 e. The molecule has 1 aromatic heterocycles. The van der Waals surface area contributed by atoms with Crippen LogP contribution in [0.1, 0.15) is 18.0 Å². The molecule has 0 saturated heterocycles. The first-order valence-corrected chi connectivity index (χ1v) is 6.90. The van der Waals surface area contributed by atoms with Gasteiger partial charge in [-0.25, -0.2) is 4.98 Å². The summed E-state index contributed by atoms with van der Waals surface area (Å²) in [7, 11) is 3.28. The number of nitrogens with zero attached hydrogens (tertiary/aromatic N) is 2. The lowest BCUT2D eigenvalue weighted by Gasteiger charge is -2.05. The number of aromatic nitrogens is 1. The SMILES string of the molecule is CNC(C)c1nc(-c2ccc(OC)c([N+](=O)[O-])c2)cs1. The summed E-state index contributed by atoms with van der Waals surface area (Å²) in [5.41, 5.74) is 1.39. The molecule has 0 bridgehead atoms. The fourth-order valence-corrected chi connectivity index (χ4v) is 2.63. The maximum atomic E-state index is 11.0. The summed E-state index contributed by atoms with van der Waals surface area (Å²) in [4.78, 5) is 15.1. The van der Waals surface area contributed by atoms with E-state index in [1.54, 1.807) is 12.1 Å². The maximum Gasteiger partial charge on any atom is 0.311 e. The molecule has 1 N–H and O–H groups in total. The van der Waals surface area contributed by atoms with Crippen LogP contribution in [0.3, 0.4) is 0 Å². The lowest BCUT2D eigenvalue weighted by Crippen LogP contribution is -2.11. The van der Waals surface area contributed by atoms with E-state index in [1.165, 1.54) is 24.5 Å². The average molecular weight is 293 g/mol. The van der Waals surface area contributed by atoms with E-state index in [4.69, 9.17) is 4.74 Å². The Balaban J connectivity index is 2.40. The molecular formula is C13H15N3O3S. The van der Waals surface area contributed by atoms with Crippen LogP contribution in [0.5, 0.6) is 5.75 Å². The zero-order valence-corrected chi connectivity index (χ0v) is 12.2. The van der Waals surface area contributed by atoms with Crippen molar-refractivity contribution >= 4 is 17.0 Å². The molecule has 6 nitrogen and oxygen atoms in total. The molecule has 1 aromatic carbocycles. The number of hydrogen-bond acceptors (Lipinski definition) is 6. The van der Waals surface area contributed by atoms with E-state index in [1.807, 2.05) is 19.4 Å². The van der Waals surface area contributed by atoms with Crippen molar-refractivity contribution in [3.63, 3.8) is 0 Å². The van der Waals surface area contributed by atoms with Crippen molar-refractivity contribution in [3.05, 3.63) is 38.7 Å². The van der Waals surface area contributed by atoms with Crippen molar-refractivity contribution in [2.75, 3.05) is 14.2 Å². The number of nitrogens with one attached hydrogen (secondary N) is 1. The summed E-state index contributed by atoms with van der Waals surface area (Å²) in [6.07, 6.45) is 0. The van der Waals surface area contributed by atoms with Crippen LogP contribution in [-0.2, 0) is 0 Å². The van der Waals surface area contributed by atoms with Crippen molar-refractivity contribution in [3.8, 4) is 17.0 Å². The third kappa shape index (κ3) is 2.78. The number of ether oxygens (including phenoxy) is 1. The number of benzene rings is 1. The highest BCUT2D eigenvalue weighted by molar-refractivity contribution is 7.10. The van der Waals surface area contributed by atoms with Gasteiger partial charge in [0.2, 0.25) is 0 Å². The summed E-state index contributed by atoms with van der Waals surface area (Å²) in [5, 5.41) is 17.0. The number of rotatable bonds is 5. The molecule has 0 aliphatic carbocycles.